The number of nitrogens with one attached hydrogen (secondary N) is 2. The predicted octanol–water partition coefficient (Wildman–Crippen LogP) is 4.10. The first-order chi connectivity index (χ1) is 14.9. The molecule has 0 saturated heterocycles. The molecule has 162 valence electrons. The van der Waals surface area contributed by atoms with E-state index >= 15 is 0 Å². The zero-order chi connectivity index (χ0) is 22.0. The Balaban J connectivity index is 1.34. The second-order valence-electron chi connectivity index (χ2n) is 8.39. The van der Waals surface area contributed by atoms with Crippen molar-refractivity contribution in [1.82, 2.24) is 9.88 Å². The van der Waals surface area contributed by atoms with Gasteiger partial charge in [-0.05, 0) is 63.8 Å². The van der Waals surface area contributed by atoms with Crippen LogP contribution in [-0.4, -0.2) is 22.4 Å². The quantitative estimate of drug-likeness (QED) is 0.649. The van der Waals surface area contributed by atoms with Crippen molar-refractivity contribution in [2.75, 3.05) is 5.32 Å². The maximum Gasteiger partial charge on any atom is 0.420 e. The number of fused-ring (bicyclic) bond motifs is 1. The van der Waals surface area contributed by atoms with Gasteiger partial charge in [-0.3, -0.25) is 14.2 Å². The topological polar surface area (TPSA) is 93.3 Å². The lowest BCUT2D eigenvalue weighted by Gasteiger charge is -2.28. The predicted molar refractivity (Wildman–Crippen MR) is 119 cm³/mol. The van der Waals surface area contributed by atoms with Crippen LogP contribution in [0.5, 0.6) is 0 Å². The molecule has 0 bridgehead atoms. The van der Waals surface area contributed by atoms with E-state index in [0.717, 1.165) is 12.8 Å². The molecule has 2 N–H and O–H groups in total. The summed E-state index contributed by atoms with van der Waals surface area (Å²) in [6, 6.07) is 14.5. The Morgan fingerprint density at radius 1 is 1.03 bits per heavy atom. The summed E-state index contributed by atoms with van der Waals surface area (Å²) in [7, 11) is 0. The smallest absolute Gasteiger partial charge is 0.408 e. The van der Waals surface area contributed by atoms with Crippen LogP contribution in [0, 0.1) is 5.92 Å². The number of anilines is 1. The molecule has 0 radical (unpaired) electrons. The highest BCUT2D eigenvalue weighted by atomic mass is 16.4. The van der Waals surface area contributed by atoms with E-state index in [1.54, 1.807) is 34.9 Å². The molecular weight excluding hydrogens is 394 g/mol. The lowest BCUT2D eigenvalue weighted by Crippen LogP contribution is -2.39. The van der Waals surface area contributed by atoms with Crippen molar-refractivity contribution in [3.05, 3.63) is 64.6 Å². The maximum absolute atomic E-state index is 12.7. The van der Waals surface area contributed by atoms with Gasteiger partial charge >= 0.3 is 5.76 Å². The number of oxazole rings is 1. The van der Waals surface area contributed by atoms with Gasteiger partial charge in [-0.1, -0.05) is 18.2 Å². The molecular formula is C24H27N3O4. The Hall–Kier alpha value is -3.35. The number of rotatable bonds is 5. The average Bonchev–Trinajstić information content (AvgIpc) is 3.10. The fourth-order valence-corrected chi connectivity index (χ4v) is 4.21. The summed E-state index contributed by atoms with van der Waals surface area (Å²) in [5.41, 5.74) is 2.44. The Kier molecular flexibility index (Phi) is 5.93. The first kappa shape index (κ1) is 20.9. The third-order valence-electron chi connectivity index (χ3n) is 5.87. The van der Waals surface area contributed by atoms with E-state index in [2.05, 4.69) is 10.6 Å². The number of benzene rings is 2. The number of amides is 2. The number of aromatic nitrogens is 1. The minimum absolute atomic E-state index is 0.00763. The van der Waals surface area contributed by atoms with Crippen molar-refractivity contribution in [2.24, 2.45) is 5.92 Å². The van der Waals surface area contributed by atoms with Crippen molar-refractivity contribution >= 4 is 28.6 Å². The van der Waals surface area contributed by atoms with Crippen LogP contribution in [0.25, 0.3) is 11.1 Å². The molecule has 2 amide bonds. The lowest BCUT2D eigenvalue weighted by atomic mass is 9.85. The van der Waals surface area contributed by atoms with Crippen LogP contribution in [0.2, 0.25) is 0 Å². The molecule has 1 fully saturated rings. The zero-order valence-electron chi connectivity index (χ0n) is 17.8. The van der Waals surface area contributed by atoms with Crippen LogP contribution in [0.15, 0.2) is 57.7 Å². The molecule has 1 heterocycles. The van der Waals surface area contributed by atoms with Crippen LogP contribution in [0.4, 0.5) is 5.69 Å². The summed E-state index contributed by atoms with van der Waals surface area (Å²) in [4.78, 5) is 37.1. The van der Waals surface area contributed by atoms with Gasteiger partial charge < -0.3 is 15.1 Å². The highest BCUT2D eigenvalue weighted by molar-refractivity contribution is 5.95. The summed E-state index contributed by atoms with van der Waals surface area (Å²) >= 11 is 0. The first-order valence-electron chi connectivity index (χ1n) is 10.7. The standard InChI is InChI=1S/C24H27N3O4/c1-15(2)27-20-13-12-19(14-21(20)31-24(27)30)26-23(29)17-8-10-18(11-9-17)25-22(28)16-6-4-3-5-7-16/h3-7,12-15,17-18H,8-11H2,1-2H3,(H,25,28)(H,26,29)/t17-,18+. The van der Waals surface area contributed by atoms with E-state index in [9.17, 15) is 14.4 Å². The van der Waals surface area contributed by atoms with Gasteiger partial charge in [0.05, 0.1) is 5.52 Å². The van der Waals surface area contributed by atoms with Gasteiger partial charge in [0.1, 0.15) is 0 Å². The molecule has 0 aliphatic heterocycles. The molecule has 7 heteroatoms. The summed E-state index contributed by atoms with van der Waals surface area (Å²) < 4.78 is 6.92. The minimum Gasteiger partial charge on any atom is -0.408 e. The maximum atomic E-state index is 12.7. The number of nitrogens with zero attached hydrogens (tertiary/aromatic N) is 1. The van der Waals surface area contributed by atoms with E-state index in [1.165, 1.54) is 0 Å². The molecule has 3 aromatic rings. The summed E-state index contributed by atoms with van der Waals surface area (Å²) in [6.07, 6.45) is 2.96. The number of hydrogen-bond acceptors (Lipinski definition) is 4. The monoisotopic (exact) mass is 421 g/mol. The Morgan fingerprint density at radius 2 is 1.74 bits per heavy atom. The molecule has 7 nitrogen and oxygen atoms in total. The third kappa shape index (κ3) is 4.55. The van der Waals surface area contributed by atoms with Crippen LogP contribution >= 0.6 is 0 Å². The Bertz CT molecular complexity index is 1140. The minimum atomic E-state index is -0.399. The highest BCUT2D eigenvalue weighted by Crippen LogP contribution is 2.27. The van der Waals surface area contributed by atoms with Gasteiger partial charge in [0.15, 0.2) is 5.58 Å². The molecule has 1 saturated carbocycles. The Morgan fingerprint density at radius 3 is 2.42 bits per heavy atom. The van der Waals surface area contributed by atoms with Gasteiger partial charge in [-0.15, -0.1) is 0 Å². The molecule has 0 spiro atoms. The van der Waals surface area contributed by atoms with E-state index in [1.807, 2.05) is 32.0 Å². The van der Waals surface area contributed by atoms with Crippen LogP contribution in [0.3, 0.4) is 0 Å². The second-order valence-corrected chi connectivity index (χ2v) is 8.39. The average molecular weight is 421 g/mol. The van der Waals surface area contributed by atoms with Gasteiger partial charge in [0, 0.05) is 35.3 Å². The third-order valence-corrected chi connectivity index (χ3v) is 5.87. The molecule has 0 unspecified atom stereocenters. The van der Waals surface area contributed by atoms with Gasteiger partial charge in [-0.2, -0.15) is 0 Å². The second kappa shape index (κ2) is 8.79. The molecule has 31 heavy (non-hydrogen) atoms. The van der Waals surface area contributed by atoms with Gasteiger partial charge in [-0.25, -0.2) is 4.79 Å². The number of carbonyl (C=O) groups is 2. The van der Waals surface area contributed by atoms with Crippen LogP contribution < -0.4 is 16.4 Å². The number of carbonyl (C=O) groups excluding carboxylic acids is 2. The van der Waals surface area contributed by atoms with Crippen molar-refractivity contribution in [1.29, 1.82) is 0 Å². The van der Waals surface area contributed by atoms with Gasteiger partial charge in [0.2, 0.25) is 5.91 Å². The van der Waals surface area contributed by atoms with Crippen molar-refractivity contribution in [3.63, 3.8) is 0 Å². The van der Waals surface area contributed by atoms with Crippen molar-refractivity contribution in [2.45, 2.75) is 51.6 Å². The zero-order valence-corrected chi connectivity index (χ0v) is 17.8. The molecule has 1 aliphatic rings. The van der Waals surface area contributed by atoms with E-state index in [4.69, 9.17) is 4.42 Å². The summed E-state index contributed by atoms with van der Waals surface area (Å²) in [5, 5.41) is 6.01. The SMILES string of the molecule is CC(C)n1c(=O)oc2cc(NC(=O)[C@H]3CC[C@@H](NC(=O)c4ccccc4)CC3)ccc21. The molecule has 1 aromatic heterocycles. The van der Waals surface area contributed by atoms with E-state index in [0.29, 0.717) is 35.2 Å². The van der Waals surface area contributed by atoms with E-state index in [-0.39, 0.29) is 29.8 Å². The van der Waals surface area contributed by atoms with Crippen molar-refractivity contribution in [3.8, 4) is 0 Å². The number of hydrogen-bond donors (Lipinski definition) is 2. The van der Waals surface area contributed by atoms with Crippen molar-refractivity contribution < 1.29 is 14.0 Å². The highest BCUT2D eigenvalue weighted by Gasteiger charge is 2.27. The van der Waals surface area contributed by atoms with Crippen LogP contribution in [0.1, 0.15) is 55.9 Å². The van der Waals surface area contributed by atoms with Crippen LogP contribution in [-0.2, 0) is 4.79 Å². The largest absolute Gasteiger partial charge is 0.420 e. The first-order valence-corrected chi connectivity index (χ1v) is 10.7. The normalized spacial score (nSPS) is 18.8. The van der Waals surface area contributed by atoms with E-state index < -0.39 is 5.76 Å². The molecule has 1 aliphatic carbocycles. The summed E-state index contributed by atoms with van der Waals surface area (Å²) in [5.74, 6) is -0.619. The molecule has 4 rings (SSSR count). The molecule has 2 aromatic carbocycles. The summed E-state index contributed by atoms with van der Waals surface area (Å²) in [6.45, 7) is 3.84. The lowest BCUT2D eigenvalue weighted by molar-refractivity contribution is -0.120. The van der Waals surface area contributed by atoms with Gasteiger partial charge in [0.25, 0.3) is 5.91 Å². The molecule has 0 atom stereocenters. The Labute approximate surface area is 180 Å². The fourth-order valence-electron chi connectivity index (χ4n) is 4.21. The fraction of sp³-hybridized carbons (Fsp3) is 0.375.